The van der Waals surface area contributed by atoms with E-state index in [9.17, 15) is 9.59 Å². The highest BCUT2D eigenvalue weighted by molar-refractivity contribution is 5.82. The van der Waals surface area contributed by atoms with Crippen molar-refractivity contribution >= 4 is 11.9 Å². The molecule has 0 rings (SSSR count). The van der Waals surface area contributed by atoms with Crippen molar-refractivity contribution in [2.45, 2.75) is 33.7 Å². The maximum Gasteiger partial charge on any atom is 0.319 e. The Balaban J connectivity index is 3.74. The van der Waals surface area contributed by atoms with Crippen molar-refractivity contribution in [1.82, 2.24) is 10.6 Å². The summed E-state index contributed by atoms with van der Waals surface area (Å²) in [5.74, 6) is -0.0229. The highest BCUT2D eigenvalue weighted by Crippen LogP contribution is 1.89. The molecule has 0 fully saturated rings. The second-order valence-electron chi connectivity index (χ2n) is 4.05. The monoisotopic (exact) mass is 230 g/mol. The number of carbonyl (C=O) groups is 2. The molecule has 16 heavy (non-hydrogen) atoms. The van der Waals surface area contributed by atoms with Gasteiger partial charge in [0.2, 0.25) is 5.91 Å². The minimum atomic E-state index is -0.386. The number of rotatable bonds is 7. The first-order valence-electron chi connectivity index (χ1n) is 5.64. The van der Waals surface area contributed by atoms with Crippen molar-refractivity contribution in [2.24, 2.45) is 5.92 Å². The molecule has 2 N–H and O–H groups in total. The number of ether oxygens (including phenoxy) is 1. The lowest BCUT2D eigenvalue weighted by molar-refractivity contribution is -0.142. The third-order valence-corrected chi connectivity index (χ3v) is 1.94. The van der Waals surface area contributed by atoms with Crippen LogP contribution in [0.3, 0.4) is 0 Å². The summed E-state index contributed by atoms with van der Waals surface area (Å²) in [4.78, 5) is 22.5. The van der Waals surface area contributed by atoms with Gasteiger partial charge in [-0.05, 0) is 19.8 Å². The predicted molar refractivity (Wildman–Crippen MR) is 61.9 cm³/mol. The quantitative estimate of drug-likeness (QED) is 0.617. The number of hydrogen-bond acceptors (Lipinski definition) is 4. The van der Waals surface area contributed by atoms with E-state index in [2.05, 4.69) is 10.6 Å². The van der Waals surface area contributed by atoms with Gasteiger partial charge in [-0.25, -0.2) is 0 Å². The van der Waals surface area contributed by atoms with E-state index in [1.807, 2.05) is 13.8 Å². The van der Waals surface area contributed by atoms with Gasteiger partial charge in [-0.15, -0.1) is 0 Å². The third kappa shape index (κ3) is 7.23. The van der Waals surface area contributed by atoms with Crippen molar-refractivity contribution in [2.75, 3.05) is 19.7 Å². The second-order valence-corrected chi connectivity index (χ2v) is 4.05. The Labute approximate surface area is 96.9 Å². The van der Waals surface area contributed by atoms with Crippen LogP contribution in [0.2, 0.25) is 0 Å². The summed E-state index contributed by atoms with van der Waals surface area (Å²) in [5, 5.41) is 5.59. The molecule has 0 aliphatic rings. The summed E-state index contributed by atoms with van der Waals surface area (Å²) in [6, 6.07) is -0.386. The SMILES string of the molecule is CCOC(=O)CNC(C)C(=O)NCC(C)C. The molecule has 0 heterocycles. The molecule has 1 unspecified atom stereocenters. The largest absolute Gasteiger partial charge is 0.465 e. The van der Waals surface area contributed by atoms with Gasteiger partial charge >= 0.3 is 5.97 Å². The number of hydrogen-bond donors (Lipinski definition) is 2. The Hall–Kier alpha value is -1.10. The van der Waals surface area contributed by atoms with Crippen LogP contribution in [0.4, 0.5) is 0 Å². The van der Waals surface area contributed by atoms with Crippen molar-refractivity contribution in [3.63, 3.8) is 0 Å². The summed E-state index contributed by atoms with van der Waals surface area (Å²) in [5.41, 5.74) is 0. The summed E-state index contributed by atoms with van der Waals surface area (Å²) < 4.78 is 4.74. The fraction of sp³-hybridized carbons (Fsp3) is 0.818. The minimum absolute atomic E-state index is 0.0596. The zero-order valence-corrected chi connectivity index (χ0v) is 10.5. The Morgan fingerprint density at radius 3 is 2.38 bits per heavy atom. The average molecular weight is 230 g/mol. The molecule has 0 spiro atoms. The van der Waals surface area contributed by atoms with E-state index in [0.29, 0.717) is 19.1 Å². The van der Waals surface area contributed by atoms with E-state index in [1.54, 1.807) is 13.8 Å². The molecule has 0 aromatic heterocycles. The highest BCUT2D eigenvalue weighted by atomic mass is 16.5. The standard InChI is InChI=1S/C11H22N2O3/c1-5-16-10(14)7-12-9(4)11(15)13-6-8(2)3/h8-9,12H,5-7H2,1-4H3,(H,13,15). The van der Waals surface area contributed by atoms with Gasteiger partial charge in [-0.1, -0.05) is 13.8 Å². The molecule has 5 heteroatoms. The van der Waals surface area contributed by atoms with Gasteiger partial charge in [0.05, 0.1) is 19.2 Å². The van der Waals surface area contributed by atoms with Crippen LogP contribution >= 0.6 is 0 Å². The fourth-order valence-electron chi connectivity index (χ4n) is 0.999. The van der Waals surface area contributed by atoms with Crippen LogP contribution in [0.25, 0.3) is 0 Å². The van der Waals surface area contributed by atoms with Gasteiger partial charge in [-0.2, -0.15) is 0 Å². The molecular formula is C11H22N2O3. The molecular weight excluding hydrogens is 208 g/mol. The predicted octanol–water partition coefficient (Wildman–Crippen LogP) is 0.300. The molecule has 0 bridgehead atoms. The Morgan fingerprint density at radius 1 is 1.25 bits per heavy atom. The van der Waals surface area contributed by atoms with Crippen LogP contribution in [0.1, 0.15) is 27.7 Å². The molecule has 0 aliphatic carbocycles. The molecule has 1 atom stereocenters. The average Bonchev–Trinajstić information content (AvgIpc) is 2.22. The smallest absolute Gasteiger partial charge is 0.319 e. The lowest BCUT2D eigenvalue weighted by Gasteiger charge is -2.14. The lowest BCUT2D eigenvalue weighted by atomic mass is 10.2. The molecule has 0 saturated carbocycles. The van der Waals surface area contributed by atoms with Crippen molar-refractivity contribution in [3.05, 3.63) is 0 Å². The van der Waals surface area contributed by atoms with Crippen LogP contribution in [0.5, 0.6) is 0 Å². The van der Waals surface area contributed by atoms with Gasteiger partial charge < -0.3 is 10.1 Å². The maximum absolute atomic E-state index is 11.5. The van der Waals surface area contributed by atoms with Gasteiger partial charge in [0, 0.05) is 6.54 Å². The highest BCUT2D eigenvalue weighted by Gasteiger charge is 2.13. The molecule has 0 aromatic rings. The van der Waals surface area contributed by atoms with E-state index in [-0.39, 0.29) is 24.5 Å². The molecule has 94 valence electrons. The van der Waals surface area contributed by atoms with Gasteiger partial charge in [0.25, 0.3) is 0 Å². The molecule has 1 amide bonds. The van der Waals surface area contributed by atoms with E-state index in [0.717, 1.165) is 0 Å². The Kier molecular flexibility index (Phi) is 7.54. The van der Waals surface area contributed by atoms with Gasteiger partial charge in [0.1, 0.15) is 0 Å². The summed E-state index contributed by atoms with van der Waals surface area (Å²) in [7, 11) is 0. The summed E-state index contributed by atoms with van der Waals surface area (Å²) in [6.07, 6.45) is 0. The molecule has 5 nitrogen and oxygen atoms in total. The van der Waals surface area contributed by atoms with E-state index in [1.165, 1.54) is 0 Å². The summed E-state index contributed by atoms with van der Waals surface area (Å²) in [6.45, 7) is 8.57. The molecule has 0 aliphatic heterocycles. The van der Waals surface area contributed by atoms with Crippen molar-refractivity contribution < 1.29 is 14.3 Å². The van der Waals surface area contributed by atoms with Crippen LogP contribution in [0, 0.1) is 5.92 Å². The zero-order valence-electron chi connectivity index (χ0n) is 10.5. The summed E-state index contributed by atoms with van der Waals surface area (Å²) >= 11 is 0. The van der Waals surface area contributed by atoms with E-state index >= 15 is 0 Å². The Bertz CT molecular complexity index is 229. The number of esters is 1. The first kappa shape index (κ1) is 14.9. The van der Waals surface area contributed by atoms with Crippen molar-refractivity contribution in [1.29, 1.82) is 0 Å². The fourth-order valence-corrected chi connectivity index (χ4v) is 0.999. The van der Waals surface area contributed by atoms with Crippen LogP contribution in [-0.2, 0) is 14.3 Å². The molecule has 0 saturated heterocycles. The number of carbonyl (C=O) groups excluding carboxylic acids is 2. The first-order valence-corrected chi connectivity index (χ1v) is 5.64. The normalized spacial score (nSPS) is 12.3. The maximum atomic E-state index is 11.5. The minimum Gasteiger partial charge on any atom is -0.465 e. The molecule has 0 radical (unpaired) electrons. The first-order chi connectivity index (χ1) is 7.47. The number of nitrogens with one attached hydrogen (secondary N) is 2. The lowest BCUT2D eigenvalue weighted by Crippen LogP contribution is -2.45. The molecule has 0 aromatic carbocycles. The van der Waals surface area contributed by atoms with Gasteiger partial charge in [-0.3, -0.25) is 14.9 Å². The van der Waals surface area contributed by atoms with Crippen LogP contribution < -0.4 is 10.6 Å². The number of amides is 1. The second kappa shape index (κ2) is 8.10. The third-order valence-electron chi connectivity index (χ3n) is 1.94. The van der Waals surface area contributed by atoms with Crippen LogP contribution in [0.15, 0.2) is 0 Å². The zero-order chi connectivity index (χ0) is 12.6. The van der Waals surface area contributed by atoms with Gasteiger partial charge in [0.15, 0.2) is 0 Å². The van der Waals surface area contributed by atoms with E-state index < -0.39 is 0 Å². The van der Waals surface area contributed by atoms with Crippen LogP contribution in [-0.4, -0.2) is 37.6 Å². The topological polar surface area (TPSA) is 67.4 Å². The van der Waals surface area contributed by atoms with Crippen molar-refractivity contribution in [3.8, 4) is 0 Å². The van der Waals surface area contributed by atoms with E-state index in [4.69, 9.17) is 4.74 Å². The Morgan fingerprint density at radius 2 is 1.88 bits per heavy atom.